The Hall–Kier alpha value is -2.53. The zero-order valence-electron chi connectivity index (χ0n) is 14.1. The van der Waals surface area contributed by atoms with Crippen molar-refractivity contribution in [2.24, 2.45) is 5.41 Å². The highest BCUT2D eigenvalue weighted by Gasteiger charge is 2.47. The van der Waals surface area contributed by atoms with Gasteiger partial charge < -0.3 is 10.6 Å². The van der Waals surface area contributed by atoms with Gasteiger partial charge in [-0.3, -0.25) is 4.98 Å². The highest BCUT2D eigenvalue weighted by molar-refractivity contribution is 5.90. The quantitative estimate of drug-likeness (QED) is 0.768. The minimum atomic E-state index is 0.526. The van der Waals surface area contributed by atoms with E-state index < -0.39 is 0 Å². The number of nitrogens with zero attached hydrogens (tertiary/aromatic N) is 3. The van der Waals surface area contributed by atoms with Crippen molar-refractivity contribution in [2.75, 3.05) is 18.4 Å². The predicted octanol–water partition coefficient (Wildman–Crippen LogP) is 3.25. The summed E-state index contributed by atoms with van der Waals surface area (Å²) in [4.78, 5) is 13.7. The molecule has 0 bridgehead atoms. The van der Waals surface area contributed by atoms with Crippen LogP contribution >= 0.6 is 0 Å². The molecule has 2 fully saturated rings. The lowest BCUT2D eigenvalue weighted by Gasteiger charge is -2.15. The molecule has 1 unspecified atom stereocenters. The van der Waals surface area contributed by atoms with E-state index in [1.165, 1.54) is 25.8 Å². The second-order valence-electron chi connectivity index (χ2n) is 7.32. The standard InChI is InChI=1S/C20H21N5/c1-2-6-17-16(5-1)19(22-12-15-10-20(7-8-20)13-23-15)25-18(24-17)14-4-3-9-21-11-14/h1-6,9,11,15,23H,7-8,10,12-13H2,(H,22,24,25). The number of aromatic nitrogens is 3. The predicted molar refractivity (Wildman–Crippen MR) is 99.3 cm³/mol. The Balaban J connectivity index is 1.45. The Labute approximate surface area is 146 Å². The zero-order chi connectivity index (χ0) is 16.7. The molecule has 1 aromatic carbocycles. The first-order valence-corrected chi connectivity index (χ1v) is 8.96. The second kappa shape index (κ2) is 5.77. The summed E-state index contributed by atoms with van der Waals surface area (Å²) in [6.45, 7) is 2.07. The lowest BCUT2D eigenvalue weighted by Crippen LogP contribution is -2.29. The van der Waals surface area contributed by atoms with E-state index in [4.69, 9.17) is 9.97 Å². The maximum Gasteiger partial charge on any atom is 0.163 e. The summed E-state index contributed by atoms with van der Waals surface area (Å²) in [5, 5.41) is 8.29. The number of para-hydroxylation sites is 1. The molecule has 2 aliphatic rings. The van der Waals surface area contributed by atoms with E-state index in [2.05, 4.69) is 21.7 Å². The molecule has 0 radical (unpaired) electrons. The summed E-state index contributed by atoms with van der Waals surface area (Å²) in [6.07, 6.45) is 7.63. The molecule has 0 amide bonds. The number of hydrogen-bond acceptors (Lipinski definition) is 5. The number of benzene rings is 1. The van der Waals surface area contributed by atoms with Gasteiger partial charge in [0.15, 0.2) is 5.82 Å². The number of fused-ring (bicyclic) bond motifs is 1. The number of anilines is 1. The lowest BCUT2D eigenvalue weighted by molar-refractivity contribution is 0.550. The molecule has 1 aliphatic carbocycles. The van der Waals surface area contributed by atoms with Crippen LogP contribution in [0.25, 0.3) is 22.3 Å². The van der Waals surface area contributed by atoms with Crippen LogP contribution in [0.2, 0.25) is 0 Å². The van der Waals surface area contributed by atoms with Crippen LogP contribution in [0.5, 0.6) is 0 Å². The first-order valence-electron chi connectivity index (χ1n) is 8.96. The fraction of sp³-hybridized carbons (Fsp3) is 0.350. The lowest BCUT2D eigenvalue weighted by atomic mass is 10.0. The van der Waals surface area contributed by atoms with Crippen molar-refractivity contribution in [2.45, 2.75) is 25.3 Å². The SMILES string of the molecule is c1cncc(-c2nc(NCC3CC4(CC4)CN3)c3ccccc3n2)c1. The third-order valence-corrected chi connectivity index (χ3v) is 5.44. The van der Waals surface area contributed by atoms with E-state index in [0.717, 1.165) is 28.8 Å². The Morgan fingerprint density at radius 1 is 1.12 bits per heavy atom. The van der Waals surface area contributed by atoms with Crippen molar-refractivity contribution >= 4 is 16.7 Å². The van der Waals surface area contributed by atoms with Crippen LogP contribution in [0, 0.1) is 5.41 Å². The van der Waals surface area contributed by atoms with E-state index in [1.54, 1.807) is 6.20 Å². The summed E-state index contributed by atoms with van der Waals surface area (Å²) < 4.78 is 0. The molecular weight excluding hydrogens is 310 g/mol. The maximum absolute atomic E-state index is 4.79. The highest BCUT2D eigenvalue weighted by Crippen LogP contribution is 2.51. The molecule has 126 valence electrons. The topological polar surface area (TPSA) is 62.7 Å². The van der Waals surface area contributed by atoms with Crippen LogP contribution in [0.3, 0.4) is 0 Å². The summed E-state index contributed by atoms with van der Waals surface area (Å²) in [6, 6.07) is 12.6. The number of hydrogen-bond donors (Lipinski definition) is 2. The number of pyridine rings is 1. The van der Waals surface area contributed by atoms with Gasteiger partial charge >= 0.3 is 0 Å². The molecule has 1 saturated heterocycles. The maximum atomic E-state index is 4.79. The molecule has 2 aromatic heterocycles. The van der Waals surface area contributed by atoms with Gasteiger partial charge in [0.25, 0.3) is 0 Å². The van der Waals surface area contributed by atoms with Crippen LogP contribution < -0.4 is 10.6 Å². The van der Waals surface area contributed by atoms with Gasteiger partial charge in [0.2, 0.25) is 0 Å². The zero-order valence-corrected chi connectivity index (χ0v) is 14.1. The van der Waals surface area contributed by atoms with Gasteiger partial charge in [0, 0.05) is 42.5 Å². The van der Waals surface area contributed by atoms with Crippen LogP contribution in [0.4, 0.5) is 5.82 Å². The van der Waals surface area contributed by atoms with E-state index in [9.17, 15) is 0 Å². The summed E-state index contributed by atoms with van der Waals surface area (Å²) in [5.74, 6) is 1.62. The normalized spacial score (nSPS) is 20.9. The fourth-order valence-electron chi connectivity index (χ4n) is 3.79. The average molecular weight is 331 g/mol. The molecule has 3 aromatic rings. The minimum absolute atomic E-state index is 0.526. The van der Waals surface area contributed by atoms with Crippen molar-refractivity contribution < 1.29 is 0 Å². The average Bonchev–Trinajstić information content (AvgIpc) is 3.30. The molecule has 1 aliphatic heterocycles. The number of nitrogens with one attached hydrogen (secondary N) is 2. The second-order valence-corrected chi connectivity index (χ2v) is 7.32. The molecule has 5 rings (SSSR count). The molecular formula is C20H21N5. The number of rotatable bonds is 4. The Morgan fingerprint density at radius 3 is 2.84 bits per heavy atom. The van der Waals surface area contributed by atoms with E-state index in [0.29, 0.717) is 17.3 Å². The summed E-state index contributed by atoms with van der Waals surface area (Å²) >= 11 is 0. The van der Waals surface area contributed by atoms with Crippen molar-refractivity contribution in [3.05, 3.63) is 48.8 Å². The van der Waals surface area contributed by atoms with Gasteiger partial charge in [-0.25, -0.2) is 9.97 Å². The fourth-order valence-corrected chi connectivity index (χ4v) is 3.79. The van der Waals surface area contributed by atoms with E-state index >= 15 is 0 Å². The van der Waals surface area contributed by atoms with Crippen LogP contribution in [-0.4, -0.2) is 34.1 Å². The Kier molecular flexibility index (Phi) is 3.41. The largest absolute Gasteiger partial charge is 0.368 e. The van der Waals surface area contributed by atoms with Crippen molar-refractivity contribution in [3.8, 4) is 11.4 Å². The molecule has 5 heteroatoms. The van der Waals surface area contributed by atoms with Crippen molar-refractivity contribution in [3.63, 3.8) is 0 Å². The first-order chi connectivity index (χ1) is 12.3. The van der Waals surface area contributed by atoms with E-state index in [-0.39, 0.29) is 0 Å². The third-order valence-electron chi connectivity index (χ3n) is 5.44. The van der Waals surface area contributed by atoms with Crippen LogP contribution in [0.1, 0.15) is 19.3 Å². The van der Waals surface area contributed by atoms with Crippen molar-refractivity contribution in [1.29, 1.82) is 0 Å². The van der Waals surface area contributed by atoms with Gasteiger partial charge in [-0.15, -0.1) is 0 Å². The van der Waals surface area contributed by atoms with E-state index in [1.807, 2.05) is 36.5 Å². The van der Waals surface area contributed by atoms with Gasteiger partial charge in [-0.2, -0.15) is 0 Å². The first kappa shape index (κ1) is 14.8. The van der Waals surface area contributed by atoms with Crippen molar-refractivity contribution in [1.82, 2.24) is 20.3 Å². The minimum Gasteiger partial charge on any atom is -0.368 e. The van der Waals surface area contributed by atoms with Crippen LogP contribution in [0.15, 0.2) is 48.8 Å². The Morgan fingerprint density at radius 2 is 2.04 bits per heavy atom. The third kappa shape index (κ3) is 2.85. The van der Waals surface area contributed by atoms with Gasteiger partial charge in [-0.1, -0.05) is 12.1 Å². The molecule has 1 saturated carbocycles. The molecule has 2 N–H and O–H groups in total. The van der Waals surface area contributed by atoms with Gasteiger partial charge in [-0.05, 0) is 48.9 Å². The molecule has 1 atom stereocenters. The highest BCUT2D eigenvalue weighted by atomic mass is 15.1. The summed E-state index contributed by atoms with van der Waals surface area (Å²) in [7, 11) is 0. The van der Waals surface area contributed by atoms with Gasteiger partial charge in [0.1, 0.15) is 5.82 Å². The molecule has 25 heavy (non-hydrogen) atoms. The molecule has 1 spiro atoms. The summed E-state index contributed by atoms with van der Waals surface area (Å²) in [5.41, 5.74) is 2.50. The van der Waals surface area contributed by atoms with Crippen LogP contribution in [-0.2, 0) is 0 Å². The Bertz CT molecular complexity index is 904. The smallest absolute Gasteiger partial charge is 0.163 e. The monoisotopic (exact) mass is 331 g/mol. The molecule has 5 nitrogen and oxygen atoms in total. The molecule has 3 heterocycles. The van der Waals surface area contributed by atoms with Gasteiger partial charge in [0.05, 0.1) is 5.52 Å².